The first-order valence-corrected chi connectivity index (χ1v) is 6.99. The minimum atomic E-state index is 0.749. The Morgan fingerprint density at radius 2 is 2.00 bits per heavy atom. The molecule has 0 aliphatic heterocycles. The lowest BCUT2D eigenvalue weighted by Gasteiger charge is -2.28. The van der Waals surface area contributed by atoms with Crippen LogP contribution in [0.15, 0.2) is 0 Å². The number of ether oxygens (including phenoxy) is 1. The van der Waals surface area contributed by atoms with Gasteiger partial charge in [-0.2, -0.15) is 11.8 Å². The van der Waals surface area contributed by atoms with E-state index in [0.29, 0.717) is 0 Å². The minimum absolute atomic E-state index is 0.749. The number of nitrogens with one attached hydrogen (secondary N) is 1. The standard InChI is InChI=1S/C11H23NOS/c1-3-13-9-8-12-10-4-6-11(14-2)7-5-10/h10-12H,3-9H2,1-2H3. The SMILES string of the molecule is CCOCCNC1CCC(SC)CC1. The molecule has 2 nitrogen and oxygen atoms in total. The molecule has 0 radical (unpaired) electrons. The third-order valence-corrected chi connectivity index (χ3v) is 4.03. The van der Waals surface area contributed by atoms with Gasteiger partial charge < -0.3 is 10.1 Å². The number of rotatable bonds is 6. The fourth-order valence-corrected chi connectivity index (χ4v) is 2.73. The Hall–Kier alpha value is 0.270. The summed E-state index contributed by atoms with van der Waals surface area (Å²) in [7, 11) is 0. The zero-order chi connectivity index (χ0) is 10.2. The zero-order valence-corrected chi connectivity index (χ0v) is 10.2. The van der Waals surface area contributed by atoms with Gasteiger partial charge in [-0.15, -0.1) is 0 Å². The molecule has 1 N–H and O–H groups in total. The Kier molecular flexibility index (Phi) is 6.65. The summed E-state index contributed by atoms with van der Waals surface area (Å²) in [6.45, 7) is 4.76. The molecule has 0 atom stereocenters. The first-order valence-electron chi connectivity index (χ1n) is 5.70. The number of hydrogen-bond acceptors (Lipinski definition) is 3. The second-order valence-electron chi connectivity index (χ2n) is 3.86. The highest BCUT2D eigenvalue weighted by molar-refractivity contribution is 7.99. The van der Waals surface area contributed by atoms with Crippen LogP contribution in [-0.2, 0) is 4.74 Å². The summed E-state index contributed by atoms with van der Waals surface area (Å²) < 4.78 is 5.30. The van der Waals surface area contributed by atoms with Crippen LogP contribution in [0.5, 0.6) is 0 Å². The van der Waals surface area contributed by atoms with E-state index in [0.717, 1.165) is 31.1 Å². The summed E-state index contributed by atoms with van der Waals surface area (Å²) in [6.07, 6.45) is 7.68. The van der Waals surface area contributed by atoms with Crippen LogP contribution < -0.4 is 5.32 Å². The van der Waals surface area contributed by atoms with Gasteiger partial charge in [-0.05, 0) is 38.9 Å². The molecule has 0 amide bonds. The molecule has 3 heteroatoms. The molecule has 14 heavy (non-hydrogen) atoms. The number of hydrogen-bond donors (Lipinski definition) is 1. The monoisotopic (exact) mass is 217 g/mol. The summed E-state index contributed by atoms with van der Waals surface area (Å²) in [5.74, 6) is 0. The average molecular weight is 217 g/mol. The van der Waals surface area contributed by atoms with Gasteiger partial charge in [0.2, 0.25) is 0 Å². The van der Waals surface area contributed by atoms with Crippen molar-refractivity contribution in [2.75, 3.05) is 26.0 Å². The zero-order valence-electron chi connectivity index (χ0n) is 9.42. The van der Waals surface area contributed by atoms with Crippen LogP contribution in [-0.4, -0.2) is 37.3 Å². The predicted molar refractivity (Wildman–Crippen MR) is 64.1 cm³/mol. The molecule has 1 saturated carbocycles. The molecule has 0 aromatic heterocycles. The second kappa shape index (κ2) is 7.55. The van der Waals surface area contributed by atoms with Gasteiger partial charge in [0.1, 0.15) is 0 Å². The maximum absolute atomic E-state index is 5.30. The van der Waals surface area contributed by atoms with Crippen molar-refractivity contribution in [3.63, 3.8) is 0 Å². The summed E-state index contributed by atoms with van der Waals surface area (Å²) in [5.41, 5.74) is 0. The van der Waals surface area contributed by atoms with E-state index in [-0.39, 0.29) is 0 Å². The largest absolute Gasteiger partial charge is 0.380 e. The Labute approximate surface area is 92.2 Å². The molecule has 0 aromatic rings. The molecule has 1 aliphatic carbocycles. The molecule has 1 rings (SSSR count). The molecular weight excluding hydrogens is 194 g/mol. The van der Waals surface area contributed by atoms with Gasteiger partial charge in [-0.3, -0.25) is 0 Å². The van der Waals surface area contributed by atoms with E-state index in [1.807, 2.05) is 18.7 Å². The van der Waals surface area contributed by atoms with Gasteiger partial charge in [-0.1, -0.05) is 0 Å². The van der Waals surface area contributed by atoms with Gasteiger partial charge in [-0.25, -0.2) is 0 Å². The van der Waals surface area contributed by atoms with Crippen LogP contribution in [0, 0.1) is 0 Å². The van der Waals surface area contributed by atoms with Crippen LogP contribution in [0.1, 0.15) is 32.6 Å². The van der Waals surface area contributed by atoms with Crippen LogP contribution in [0.4, 0.5) is 0 Å². The van der Waals surface area contributed by atoms with E-state index in [2.05, 4.69) is 11.6 Å². The quantitative estimate of drug-likeness (QED) is 0.690. The first-order chi connectivity index (χ1) is 6.86. The van der Waals surface area contributed by atoms with Crippen molar-refractivity contribution in [2.45, 2.75) is 43.9 Å². The van der Waals surface area contributed by atoms with E-state index in [1.54, 1.807) is 0 Å². The highest BCUT2D eigenvalue weighted by Crippen LogP contribution is 2.26. The molecule has 0 heterocycles. The van der Waals surface area contributed by atoms with Crippen LogP contribution in [0.25, 0.3) is 0 Å². The molecular formula is C11H23NOS. The lowest BCUT2D eigenvalue weighted by Crippen LogP contribution is -2.35. The molecule has 0 bridgehead atoms. The van der Waals surface area contributed by atoms with Gasteiger partial charge in [0.25, 0.3) is 0 Å². The third-order valence-electron chi connectivity index (χ3n) is 2.89. The van der Waals surface area contributed by atoms with E-state index in [1.165, 1.54) is 25.7 Å². The van der Waals surface area contributed by atoms with E-state index < -0.39 is 0 Å². The van der Waals surface area contributed by atoms with E-state index in [9.17, 15) is 0 Å². The van der Waals surface area contributed by atoms with Crippen LogP contribution in [0.3, 0.4) is 0 Å². The lowest BCUT2D eigenvalue weighted by atomic mass is 9.95. The third kappa shape index (κ3) is 4.67. The average Bonchev–Trinajstić information content (AvgIpc) is 2.25. The normalized spacial score (nSPS) is 27.9. The molecule has 0 aromatic carbocycles. The smallest absolute Gasteiger partial charge is 0.0590 e. The second-order valence-corrected chi connectivity index (χ2v) is 5.00. The van der Waals surface area contributed by atoms with E-state index >= 15 is 0 Å². The van der Waals surface area contributed by atoms with E-state index in [4.69, 9.17) is 4.74 Å². The Bertz CT molecular complexity index is 135. The molecule has 0 unspecified atom stereocenters. The highest BCUT2D eigenvalue weighted by atomic mass is 32.2. The van der Waals surface area contributed by atoms with Crippen molar-refractivity contribution < 1.29 is 4.74 Å². The number of thioether (sulfide) groups is 1. The van der Waals surface area contributed by atoms with Gasteiger partial charge in [0, 0.05) is 24.4 Å². The summed E-state index contributed by atoms with van der Waals surface area (Å²) in [5, 5.41) is 4.48. The summed E-state index contributed by atoms with van der Waals surface area (Å²) >= 11 is 2.03. The van der Waals surface area contributed by atoms with Crippen LogP contribution >= 0.6 is 11.8 Å². The minimum Gasteiger partial charge on any atom is -0.380 e. The molecule has 1 fully saturated rings. The van der Waals surface area contributed by atoms with Gasteiger partial charge >= 0.3 is 0 Å². The molecule has 1 aliphatic rings. The molecule has 0 saturated heterocycles. The lowest BCUT2D eigenvalue weighted by molar-refractivity contribution is 0.145. The summed E-state index contributed by atoms with van der Waals surface area (Å²) in [6, 6.07) is 0.749. The van der Waals surface area contributed by atoms with Crippen molar-refractivity contribution >= 4 is 11.8 Å². The van der Waals surface area contributed by atoms with Crippen molar-refractivity contribution in [1.82, 2.24) is 5.32 Å². The Balaban J connectivity index is 1.98. The topological polar surface area (TPSA) is 21.3 Å². The van der Waals surface area contributed by atoms with Gasteiger partial charge in [0.15, 0.2) is 0 Å². The molecule has 0 spiro atoms. The maximum atomic E-state index is 5.30. The Morgan fingerprint density at radius 3 is 2.57 bits per heavy atom. The fraction of sp³-hybridized carbons (Fsp3) is 1.00. The predicted octanol–water partition coefficient (Wildman–Crippen LogP) is 2.29. The molecule has 84 valence electrons. The first kappa shape index (κ1) is 12.3. The fourth-order valence-electron chi connectivity index (χ4n) is 1.98. The van der Waals surface area contributed by atoms with Crippen LogP contribution in [0.2, 0.25) is 0 Å². The van der Waals surface area contributed by atoms with Gasteiger partial charge in [0.05, 0.1) is 6.61 Å². The van der Waals surface area contributed by atoms with Crippen molar-refractivity contribution in [3.8, 4) is 0 Å². The Morgan fingerprint density at radius 1 is 1.29 bits per heavy atom. The van der Waals surface area contributed by atoms with Crippen molar-refractivity contribution in [1.29, 1.82) is 0 Å². The van der Waals surface area contributed by atoms with Crippen molar-refractivity contribution in [2.24, 2.45) is 0 Å². The van der Waals surface area contributed by atoms with Crippen molar-refractivity contribution in [3.05, 3.63) is 0 Å². The maximum Gasteiger partial charge on any atom is 0.0590 e. The summed E-state index contributed by atoms with van der Waals surface area (Å²) in [4.78, 5) is 0. The highest BCUT2D eigenvalue weighted by Gasteiger charge is 2.19.